The van der Waals surface area contributed by atoms with Gasteiger partial charge in [0.15, 0.2) is 0 Å². The molecule has 0 unspecified atom stereocenters. The maximum absolute atomic E-state index is 11.5. The molecule has 332 valence electrons. The lowest BCUT2D eigenvalue weighted by Gasteiger charge is -2.19. The molecule has 0 bridgehead atoms. The molecule has 0 aromatic heterocycles. The Balaban J connectivity index is -0.000000752. The third kappa shape index (κ3) is 33.6. The number of aliphatic carboxylic acids is 1. The van der Waals surface area contributed by atoms with Gasteiger partial charge in [0.1, 0.15) is 28.5 Å². The number of ether oxygens (including phenoxy) is 4. The van der Waals surface area contributed by atoms with Gasteiger partial charge in [-0.2, -0.15) is 0 Å². The van der Waals surface area contributed by atoms with Crippen molar-refractivity contribution in [2.24, 2.45) is 11.5 Å². The number of benzene rings is 3. The lowest BCUT2D eigenvalue weighted by molar-refractivity contribution is -0.137. The quantitative estimate of drug-likeness (QED) is 0.0758. The summed E-state index contributed by atoms with van der Waals surface area (Å²) in [4.78, 5) is 54.1. The zero-order chi connectivity index (χ0) is 43.4. The minimum absolute atomic E-state index is 0. The van der Waals surface area contributed by atoms with E-state index in [0.29, 0.717) is 50.4 Å². The highest BCUT2D eigenvalue weighted by molar-refractivity contribution is 5.85. The summed E-state index contributed by atoms with van der Waals surface area (Å²) in [7, 11) is 0. The second-order valence-corrected chi connectivity index (χ2v) is 14.1. The first-order valence-corrected chi connectivity index (χ1v) is 18.6. The number of carboxylic acid groups (broad SMARTS) is 1. The minimum Gasteiger partial charge on any atom is -0.508 e. The molecule has 0 radical (unpaired) electrons. The minimum atomic E-state index is -0.745. The van der Waals surface area contributed by atoms with E-state index in [1.807, 2.05) is 77.9 Å². The van der Waals surface area contributed by atoms with Crippen molar-refractivity contribution in [2.75, 3.05) is 26.2 Å². The summed E-state index contributed by atoms with van der Waals surface area (Å²) >= 11 is 0. The van der Waals surface area contributed by atoms with Crippen LogP contribution in [0.1, 0.15) is 84.9 Å². The van der Waals surface area contributed by atoms with Gasteiger partial charge in [0.25, 0.3) is 0 Å². The van der Waals surface area contributed by atoms with Crippen LogP contribution in [0.5, 0.6) is 17.2 Å². The molecule has 0 aliphatic rings. The van der Waals surface area contributed by atoms with Crippen molar-refractivity contribution in [2.45, 2.75) is 98.7 Å². The number of carboxylic acids is 1. The number of aromatic hydroxyl groups is 1. The van der Waals surface area contributed by atoms with Gasteiger partial charge in [-0.1, -0.05) is 50.2 Å². The first-order valence-electron chi connectivity index (χ1n) is 18.6. The number of phenolic OH excluding ortho intramolecular Hbond substituents is 1. The van der Waals surface area contributed by atoms with Crippen LogP contribution in [0.3, 0.4) is 0 Å². The molecule has 0 saturated heterocycles. The fourth-order valence-electron chi connectivity index (χ4n) is 3.90. The number of phenols is 1. The number of halogens is 2. The molecule has 0 spiro atoms. The lowest BCUT2D eigenvalue weighted by Crippen LogP contribution is -2.33. The van der Waals surface area contributed by atoms with Crippen molar-refractivity contribution < 1.29 is 53.1 Å². The number of carbonyl (C=O) groups excluding carboxylic acids is 4. The number of esters is 2. The largest absolute Gasteiger partial charge is 0.508 e. The normalized spacial score (nSPS) is 10.0. The predicted molar refractivity (Wildman–Crippen MR) is 233 cm³/mol. The first kappa shape index (κ1) is 58.2. The summed E-state index contributed by atoms with van der Waals surface area (Å²) in [5, 5.41) is 22.2. The topological polar surface area (TPSA) is 239 Å². The van der Waals surface area contributed by atoms with Crippen molar-refractivity contribution in [3.63, 3.8) is 0 Å². The molecule has 0 fully saturated rings. The van der Waals surface area contributed by atoms with Crippen LogP contribution >= 0.6 is 24.8 Å². The molecule has 2 amide bonds. The summed E-state index contributed by atoms with van der Waals surface area (Å²) in [6.07, 6.45) is 1.96. The molecule has 0 saturated carbocycles. The Morgan fingerprint density at radius 3 is 1.22 bits per heavy atom. The number of nitrogens with one attached hydrogen (secondary N) is 2. The summed E-state index contributed by atoms with van der Waals surface area (Å²) in [6.45, 7) is 15.8. The van der Waals surface area contributed by atoms with Gasteiger partial charge in [-0.3, -0.25) is 14.4 Å². The van der Waals surface area contributed by atoms with E-state index in [-0.39, 0.29) is 49.5 Å². The second-order valence-electron chi connectivity index (χ2n) is 14.1. The molecule has 0 atom stereocenters. The number of hydrogen-bond donors (Lipinski definition) is 6. The number of carbonyl (C=O) groups is 5. The molecular weight excluding hydrogens is 807 g/mol. The maximum atomic E-state index is 11.5. The summed E-state index contributed by atoms with van der Waals surface area (Å²) in [6, 6.07) is 21.4. The molecule has 0 heterocycles. The van der Waals surface area contributed by atoms with Gasteiger partial charge in [-0.15, -0.1) is 24.8 Å². The SMILES string of the molecule is CC(C)(C)OC(=O)NCCc1ccc(O)cc1.CCC(=O)O.CCC(=O)Oc1ccc(CCNC(=O)OC(C)(C)C)cc1.Cl.Cl.NCCc1ccc(OC(=O)CN)cc1. The van der Waals surface area contributed by atoms with Gasteiger partial charge >= 0.3 is 30.1 Å². The second kappa shape index (κ2) is 31.8. The molecular formula is C42H64Cl2N4O11. The van der Waals surface area contributed by atoms with Gasteiger partial charge in [0.2, 0.25) is 0 Å². The van der Waals surface area contributed by atoms with Gasteiger partial charge in [0.05, 0.1) is 6.54 Å². The lowest BCUT2D eigenvalue weighted by atomic mass is 10.1. The molecule has 0 aliphatic carbocycles. The number of nitrogens with two attached hydrogens (primary N) is 2. The van der Waals surface area contributed by atoms with Crippen molar-refractivity contribution in [3.05, 3.63) is 89.5 Å². The first-order chi connectivity index (χ1) is 26.7. The Hall–Kier alpha value is -5.09. The highest BCUT2D eigenvalue weighted by Gasteiger charge is 2.16. The third-order valence-corrected chi connectivity index (χ3v) is 6.60. The fraction of sp³-hybridized carbons (Fsp3) is 0.452. The molecule has 15 nitrogen and oxygen atoms in total. The number of hydrogen-bond acceptors (Lipinski definition) is 12. The molecule has 3 rings (SSSR count). The van der Waals surface area contributed by atoms with Gasteiger partial charge < -0.3 is 51.3 Å². The van der Waals surface area contributed by atoms with E-state index >= 15 is 0 Å². The van der Waals surface area contributed by atoms with E-state index in [9.17, 15) is 24.0 Å². The van der Waals surface area contributed by atoms with E-state index in [1.54, 1.807) is 50.2 Å². The number of amides is 2. The van der Waals surface area contributed by atoms with Gasteiger partial charge in [-0.05, 0) is 120 Å². The Labute approximate surface area is 360 Å². The Morgan fingerprint density at radius 1 is 0.576 bits per heavy atom. The maximum Gasteiger partial charge on any atom is 0.407 e. The summed E-state index contributed by atoms with van der Waals surface area (Å²) < 4.78 is 20.2. The Bertz CT molecular complexity index is 1630. The average Bonchev–Trinajstić information content (AvgIpc) is 3.13. The van der Waals surface area contributed by atoms with E-state index in [1.165, 1.54) is 0 Å². The predicted octanol–water partition coefficient (Wildman–Crippen LogP) is 6.91. The van der Waals surface area contributed by atoms with Crippen LogP contribution in [0.15, 0.2) is 72.8 Å². The zero-order valence-electron chi connectivity index (χ0n) is 35.3. The van der Waals surface area contributed by atoms with Crippen molar-refractivity contribution >= 4 is 54.9 Å². The summed E-state index contributed by atoms with van der Waals surface area (Å²) in [5.74, 6) is -0.142. The van der Waals surface area contributed by atoms with Gasteiger partial charge in [0, 0.05) is 25.9 Å². The van der Waals surface area contributed by atoms with Crippen LogP contribution in [0.4, 0.5) is 9.59 Å². The molecule has 17 heteroatoms. The molecule has 59 heavy (non-hydrogen) atoms. The van der Waals surface area contributed by atoms with Crippen molar-refractivity contribution in [1.29, 1.82) is 0 Å². The Kier molecular flexibility index (Phi) is 31.4. The van der Waals surface area contributed by atoms with Crippen LogP contribution in [-0.2, 0) is 43.1 Å². The van der Waals surface area contributed by atoms with Gasteiger partial charge in [-0.25, -0.2) is 9.59 Å². The monoisotopic (exact) mass is 870 g/mol. The fourth-order valence-corrected chi connectivity index (χ4v) is 3.90. The standard InChI is InChI=1S/C16H23NO4.C13H19NO3.C10H14N2O2.C3H6O2.2ClH/c1-5-14(18)20-13-8-6-12(7-9-13)10-11-17-15(19)21-16(2,3)4;1-13(2,3)17-12(16)14-9-8-10-4-6-11(15)7-5-10;11-6-5-8-1-3-9(4-2-8)14-10(13)7-12;1-2-3(4)5;;/h6-9H,5,10-11H2,1-4H3,(H,17,19);4-7,15H,8-9H2,1-3H3,(H,14,16);1-4H,5-7,11-12H2;2H2,1H3,(H,4,5);2*1H. The van der Waals surface area contributed by atoms with E-state index in [4.69, 9.17) is 40.6 Å². The Morgan fingerprint density at radius 2 is 0.915 bits per heavy atom. The smallest absolute Gasteiger partial charge is 0.407 e. The molecule has 3 aromatic rings. The van der Waals surface area contributed by atoms with E-state index in [0.717, 1.165) is 23.1 Å². The van der Waals surface area contributed by atoms with Crippen LogP contribution in [0.25, 0.3) is 0 Å². The van der Waals surface area contributed by atoms with Crippen molar-refractivity contribution in [3.8, 4) is 17.2 Å². The number of rotatable bonds is 13. The van der Waals surface area contributed by atoms with Crippen molar-refractivity contribution in [1.82, 2.24) is 10.6 Å². The molecule has 8 N–H and O–H groups in total. The van der Waals surface area contributed by atoms with Crippen LogP contribution < -0.4 is 31.6 Å². The highest BCUT2D eigenvalue weighted by Crippen LogP contribution is 2.14. The molecule has 3 aromatic carbocycles. The molecule has 0 aliphatic heterocycles. The van der Waals surface area contributed by atoms with E-state index in [2.05, 4.69) is 10.6 Å². The zero-order valence-corrected chi connectivity index (χ0v) is 37.0. The third-order valence-electron chi connectivity index (χ3n) is 6.60. The van der Waals surface area contributed by atoms with Crippen LogP contribution in [0.2, 0.25) is 0 Å². The summed E-state index contributed by atoms with van der Waals surface area (Å²) in [5.41, 5.74) is 12.8. The highest BCUT2D eigenvalue weighted by atomic mass is 35.5. The van der Waals surface area contributed by atoms with Crippen LogP contribution in [0, 0.1) is 0 Å². The average molecular weight is 872 g/mol. The number of alkyl carbamates (subject to hydrolysis) is 2. The van der Waals surface area contributed by atoms with Crippen LogP contribution in [-0.4, -0.2) is 77.7 Å². The van der Waals surface area contributed by atoms with E-state index < -0.39 is 35.3 Å².